The van der Waals surface area contributed by atoms with Crippen molar-refractivity contribution in [3.63, 3.8) is 0 Å². The second kappa shape index (κ2) is 11.8. The van der Waals surface area contributed by atoms with Crippen molar-refractivity contribution in [3.8, 4) is 11.5 Å². The third kappa shape index (κ3) is 5.75. The van der Waals surface area contributed by atoms with Gasteiger partial charge in [-0.05, 0) is 69.5 Å². The summed E-state index contributed by atoms with van der Waals surface area (Å²) < 4.78 is 18.0. The summed E-state index contributed by atoms with van der Waals surface area (Å²) in [4.78, 5) is 30.2. The molecule has 8 nitrogen and oxygen atoms in total. The monoisotopic (exact) mass is 491 g/mol. The maximum Gasteiger partial charge on any atom is 0.347 e. The van der Waals surface area contributed by atoms with Gasteiger partial charge in [-0.1, -0.05) is 31.4 Å². The normalized spacial score (nSPS) is 15.2. The van der Waals surface area contributed by atoms with E-state index in [0.717, 1.165) is 31.2 Å². The Hall–Kier alpha value is -3.68. The van der Waals surface area contributed by atoms with E-state index in [2.05, 4.69) is 5.10 Å². The first-order valence-electron chi connectivity index (χ1n) is 12.7. The number of fused-ring (bicyclic) bond motifs is 1. The van der Waals surface area contributed by atoms with Crippen molar-refractivity contribution in [3.05, 3.63) is 64.2 Å². The molecule has 8 heteroatoms. The highest BCUT2D eigenvalue weighted by molar-refractivity contribution is 5.82. The molecular formula is C28H33N3O5. The third-order valence-electron chi connectivity index (χ3n) is 6.26. The Balaban J connectivity index is 1.68. The number of para-hydroxylation sites is 1. The number of ether oxygens (including phenoxy) is 3. The molecule has 1 heterocycles. The summed E-state index contributed by atoms with van der Waals surface area (Å²) in [6, 6.07) is 12.7. The van der Waals surface area contributed by atoms with Gasteiger partial charge >= 0.3 is 5.97 Å². The van der Waals surface area contributed by atoms with E-state index in [4.69, 9.17) is 19.2 Å². The van der Waals surface area contributed by atoms with Gasteiger partial charge in [0.15, 0.2) is 17.6 Å². The Bertz CT molecular complexity index is 1290. The summed E-state index contributed by atoms with van der Waals surface area (Å²) in [5.74, 6) is 1.38. The van der Waals surface area contributed by atoms with Gasteiger partial charge in [-0.2, -0.15) is 9.78 Å². The molecule has 0 bridgehead atoms. The van der Waals surface area contributed by atoms with E-state index >= 15 is 0 Å². The molecule has 36 heavy (non-hydrogen) atoms. The molecule has 0 N–H and O–H groups in total. The van der Waals surface area contributed by atoms with Crippen LogP contribution in [0.15, 0.2) is 52.4 Å². The molecule has 0 radical (unpaired) electrons. The van der Waals surface area contributed by atoms with Crippen molar-refractivity contribution in [2.45, 2.75) is 64.9 Å². The van der Waals surface area contributed by atoms with Crippen molar-refractivity contribution in [2.75, 3.05) is 13.2 Å². The number of carbonyl (C=O) groups excluding carboxylic acids is 1. The van der Waals surface area contributed by atoms with Crippen LogP contribution in [0.1, 0.15) is 70.2 Å². The zero-order valence-corrected chi connectivity index (χ0v) is 21.1. The largest absolute Gasteiger partial charge is 0.490 e. The predicted molar refractivity (Wildman–Crippen MR) is 139 cm³/mol. The van der Waals surface area contributed by atoms with Crippen LogP contribution in [-0.4, -0.2) is 41.2 Å². The summed E-state index contributed by atoms with van der Waals surface area (Å²) in [7, 11) is 0. The highest BCUT2D eigenvalue weighted by Gasteiger charge is 2.22. The SMILES string of the molecule is CCOC(=O)[C@H](C)Oc1ccc(C=Nn2c(C3CCCCC3)nc3ccccc3c2=O)cc1OCC. The zero-order valence-electron chi connectivity index (χ0n) is 21.1. The molecule has 0 saturated heterocycles. The van der Waals surface area contributed by atoms with Crippen LogP contribution in [0, 0.1) is 0 Å². The topological polar surface area (TPSA) is 92.0 Å². The first kappa shape index (κ1) is 25.4. The van der Waals surface area contributed by atoms with Gasteiger partial charge < -0.3 is 14.2 Å². The average Bonchev–Trinajstić information content (AvgIpc) is 2.90. The lowest BCUT2D eigenvalue weighted by Crippen LogP contribution is -2.26. The Morgan fingerprint density at radius 1 is 1.11 bits per heavy atom. The molecule has 1 aromatic heterocycles. The zero-order chi connectivity index (χ0) is 25.5. The van der Waals surface area contributed by atoms with Crippen molar-refractivity contribution in [1.82, 2.24) is 9.66 Å². The number of nitrogens with zero attached hydrogens (tertiary/aromatic N) is 3. The molecule has 3 aromatic rings. The second-order valence-electron chi connectivity index (χ2n) is 8.83. The van der Waals surface area contributed by atoms with Crippen LogP contribution in [0.3, 0.4) is 0 Å². The van der Waals surface area contributed by atoms with E-state index in [0.29, 0.717) is 34.8 Å². The van der Waals surface area contributed by atoms with Gasteiger partial charge in [0.05, 0.1) is 30.3 Å². The van der Waals surface area contributed by atoms with E-state index in [-0.39, 0.29) is 18.1 Å². The number of benzene rings is 2. The first-order chi connectivity index (χ1) is 17.5. The molecule has 2 aromatic carbocycles. The van der Waals surface area contributed by atoms with Crippen molar-refractivity contribution in [2.24, 2.45) is 5.10 Å². The summed E-state index contributed by atoms with van der Waals surface area (Å²) in [6.07, 6.45) is 6.32. The molecule has 1 saturated carbocycles. The van der Waals surface area contributed by atoms with Crippen LogP contribution in [0.2, 0.25) is 0 Å². The molecule has 0 spiro atoms. The Morgan fingerprint density at radius 2 is 1.89 bits per heavy atom. The van der Waals surface area contributed by atoms with E-state index in [9.17, 15) is 9.59 Å². The standard InChI is InChI=1S/C28H33N3O5/c1-4-34-25-17-20(15-16-24(25)36-19(3)28(33)35-5-2)18-29-31-26(21-11-7-6-8-12-21)30-23-14-10-9-13-22(23)27(31)32/h9-10,13-19,21H,4-8,11-12H2,1-3H3/t19-/m0/s1. The van der Waals surface area contributed by atoms with Crippen molar-refractivity contribution >= 4 is 23.1 Å². The van der Waals surface area contributed by atoms with Crippen LogP contribution in [-0.2, 0) is 9.53 Å². The van der Waals surface area contributed by atoms with E-state index in [1.807, 2.05) is 25.1 Å². The van der Waals surface area contributed by atoms with E-state index in [1.165, 1.54) is 11.1 Å². The minimum Gasteiger partial charge on any atom is -0.490 e. The summed E-state index contributed by atoms with van der Waals surface area (Å²) in [5.41, 5.74) is 1.25. The minimum absolute atomic E-state index is 0.175. The van der Waals surface area contributed by atoms with Gasteiger partial charge in [0.1, 0.15) is 5.82 Å². The number of esters is 1. The number of hydrogen-bond donors (Lipinski definition) is 0. The van der Waals surface area contributed by atoms with Gasteiger partial charge in [0.25, 0.3) is 5.56 Å². The summed E-state index contributed by atoms with van der Waals surface area (Å²) >= 11 is 0. The molecular weight excluding hydrogens is 458 g/mol. The van der Waals surface area contributed by atoms with Gasteiger partial charge in [-0.15, -0.1) is 0 Å². The molecule has 0 amide bonds. The van der Waals surface area contributed by atoms with E-state index in [1.54, 1.807) is 44.3 Å². The van der Waals surface area contributed by atoms with Crippen molar-refractivity contribution < 1.29 is 19.0 Å². The fourth-order valence-corrected chi connectivity index (χ4v) is 4.47. The van der Waals surface area contributed by atoms with Crippen LogP contribution in [0.25, 0.3) is 10.9 Å². The molecule has 0 aliphatic heterocycles. The first-order valence-corrected chi connectivity index (χ1v) is 12.7. The van der Waals surface area contributed by atoms with Crippen LogP contribution < -0.4 is 15.0 Å². The van der Waals surface area contributed by atoms with Crippen LogP contribution in [0.5, 0.6) is 11.5 Å². The number of rotatable bonds is 9. The summed E-state index contributed by atoms with van der Waals surface area (Å²) in [6.45, 7) is 5.96. The Morgan fingerprint density at radius 3 is 2.64 bits per heavy atom. The molecule has 0 unspecified atom stereocenters. The lowest BCUT2D eigenvalue weighted by Gasteiger charge is -2.22. The lowest BCUT2D eigenvalue weighted by atomic mass is 9.88. The number of hydrogen-bond acceptors (Lipinski definition) is 7. The Labute approximate surface area is 210 Å². The molecule has 1 atom stereocenters. The fraction of sp³-hybridized carbons (Fsp3) is 0.429. The van der Waals surface area contributed by atoms with Gasteiger partial charge in [0, 0.05) is 5.92 Å². The van der Waals surface area contributed by atoms with E-state index < -0.39 is 12.1 Å². The van der Waals surface area contributed by atoms with Crippen LogP contribution >= 0.6 is 0 Å². The third-order valence-corrected chi connectivity index (χ3v) is 6.26. The highest BCUT2D eigenvalue weighted by Crippen LogP contribution is 2.32. The minimum atomic E-state index is -0.774. The molecule has 1 aliphatic rings. The molecule has 1 aliphatic carbocycles. The van der Waals surface area contributed by atoms with Gasteiger partial charge in [-0.25, -0.2) is 9.78 Å². The van der Waals surface area contributed by atoms with Gasteiger partial charge in [0.2, 0.25) is 0 Å². The maximum atomic E-state index is 13.4. The lowest BCUT2D eigenvalue weighted by molar-refractivity contribution is -0.150. The molecule has 1 fully saturated rings. The Kier molecular flexibility index (Phi) is 8.36. The predicted octanol–water partition coefficient (Wildman–Crippen LogP) is 5.06. The average molecular weight is 492 g/mol. The molecule has 190 valence electrons. The number of carbonyl (C=O) groups is 1. The number of aromatic nitrogens is 2. The molecule has 4 rings (SSSR count). The summed E-state index contributed by atoms with van der Waals surface area (Å²) in [5, 5.41) is 5.13. The van der Waals surface area contributed by atoms with Gasteiger partial charge in [-0.3, -0.25) is 4.79 Å². The quantitative estimate of drug-likeness (QED) is 0.307. The second-order valence-corrected chi connectivity index (χ2v) is 8.83. The highest BCUT2D eigenvalue weighted by atomic mass is 16.6. The van der Waals surface area contributed by atoms with Crippen molar-refractivity contribution in [1.29, 1.82) is 0 Å². The fourth-order valence-electron chi connectivity index (χ4n) is 4.47. The smallest absolute Gasteiger partial charge is 0.347 e. The van der Waals surface area contributed by atoms with Crippen LogP contribution in [0.4, 0.5) is 0 Å². The maximum absolute atomic E-state index is 13.4.